The van der Waals surface area contributed by atoms with E-state index in [4.69, 9.17) is 4.74 Å². The number of ketones is 2. The van der Waals surface area contributed by atoms with E-state index in [-0.39, 0.29) is 17.1 Å². The Morgan fingerprint density at radius 1 is 0.649 bits per heavy atom. The minimum absolute atomic E-state index is 0.178. The highest BCUT2D eigenvalue weighted by atomic mass is 16.5. The number of carbonyl (C=O) groups is 2. The van der Waals surface area contributed by atoms with Crippen LogP contribution in [-0.4, -0.2) is 11.6 Å². The quantitative estimate of drug-likeness (QED) is 0.186. The number of Topliss-reactive ketones (excluding diaryl/α,β-unsaturated/α-hetero) is 2. The van der Waals surface area contributed by atoms with Crippen molar-refractivity contribution < 1.29 is 14.3 Å². The van der Waals surface area contributed by atoms with Gasteiger partial charge in [-0.05, 0) is 77.9 Å². The Morgan fingerprint density at radius 3 is 1.97 bits per heavy atom. The maximum atomic E-state index is 13.2. The summed E-state index contributed by atoms with van der Waals surface area (Å²) in [5, 5.41) is 1.89. The third-order valence-corrected chi connectivity index (χ3v) is 7.02. The molecule has 0 N–H and O–H groups in total. The molecule has 0 amide bonds. The summed E-state index contributed by atoms with van der Waals surface area (Å²) in [6.45, 7) is 2.07. The SMILES string of the molecule is Cc1ccc(N2c3ccccc3Oc3cc(C=C4C(=O)c5cc6ccccc6cc5C4=O)ccc32)cc1. The van der Waals surface area contributed by atoms with Crippen LogP contribution >= 0.6 is 0 Å². The summed E-state index contributed by atoms with van der Waals surface area (Å²) in [4.78, 5) is 28.7. The predicted molar refractivity (Wildman–Crippen MR) is 147 cm³/mol. The lowest BCUT2D eigenvalue weighted by Crippen LogP contribution is -2.15. The molecule has 5 aromatic rings. The fourth-order valence-corrected chi connectivity index (χ4v) is 5.14. The third-order valence-electron chi connectivity index (χ3n) is 7.02. The fraction of sp³-hybridized carbons (Fsp3) is 0.0303. The monoisotopic (exact) mass is 479 g/mol. The lowest BCUT2D eigenvalue weighted by atomic mass is 10.0. The van der Waals surface area contributed by atoms with Crippen LogP contribution in [0.3, 0.4) is 0 Å². The van der Waals surface area contributed by atoms with Crippen molar-refractivity contribution in [1.29, 1.82) is 0 Å². The van der Waals surface area contributed by atoms with Crippen molar-refractivity contribution in [3.8, 4) is 11.5 Å². The van der Waals surface area contributed by atoms with Gasteiger partial charge >= 0.3 is 0 Å². The van der Waals surface area contributed by atoms with Crippen molar-refractivity contribution in [3.63, 3.8) is 0 Å². The van der Waals surface area contributed by atoms with E-state index in [2.05, 4.69) is 36.1 Å². The minimum Gasteiger partial charge on any atom is -0.453 e. The van der Waals surface area contributed by atoms with Crippen molar-refractivity contribution in [2.75, 3.05) is 4.90 Å². The topological polar surface area (TPSA) is 46.6 Å². The van der Waals surface area contributed by atoms with E-state index in [0.717, 1.165) is 39.1 Å². The Morgan fingerprint density at radius 2 is 1.27 bits per heavy atom. The van der Waals surface area contributed by atoms with E-state index in [1.165, 1.54) is 5.56 Å². The standard InChI is InChI=1S/C33H21NO3/c1-20-10-13-24(14-11-20)34-28-8-4-5-9-30(28)37-31-17-21(12-15-29(31)34)16-27-32(35)25-18-22-6-2-3-7-23(22)19-26(25)33(27)36/h2-19H,1H3. The second-order valence-corrected chi connectivity index (χ2v) is 9.43. The Bertz CT molecular complexity index is 1740. The molecule has 4 heteroatoms. The number of hydrogen-bond donors (Lipinski definition) is 0. The number of carbonyl (C=O) groups excluding carboxylic acids is 2. The molecule has 0 saturated heterocycles. The van der Waals surface area contributed by atoms with Gasteiger partial charge in [0.25, 0.3) is 0 Å². The number of hydrogen-bond acceptors (Lipinski definition) is 4. The molecule has 0 fully saturated rings. The Hall–Kier alpha value is -4.96. The van der Waals surface area contributed by atoms with Gasteiger partial charge in [-0.3, -0.25) is 9.59 Å². The summed E-state index contributed by atoms with van der Waals surface area (Å²) >= 11 is 0. The van der Waals surface area contributed by atoms with E-state index in [0.29, 0.717) is 16.9 Å². The van der Waals surface area contributed by atoms with Crippen LogP contribution in [0.25, 0.3) is 16.8 Å². The molecule has 176 valence electrons. The first-order chi connectivity index (χ1) is 18.1. The van der Waals surface area contributed by atoms with Gasteiger partial charge in [0.05, 0.1) is 16.9 Å². The number of nitrogens with zero attached hydrogens (tertiary/aromatic N) is 1. The maximum absolute atomic E-state index is 13.2. The molecule has 0 aromatic heterocycles. The zero-order valence-electron chi connectivity index (χ0n) is 20.1. The number of benzene rings is 5. The van der Waals surface area contributed by atoms with Gasteiger partial charge in [0.2, 0.25) is 0 Å². The molecule has 5 aromatic carbocycles. The lowest BCUT2D eigenvalue weighted by Gasteiger charge is -2.33. The lowest BCUT2D eigenvalue weighted by molar-refractivity contribution is 0.0990. The number of fused-ring (bicyclic) bond motifs is 4. The van der Waals surface area contributed by atoms with Crippen molar-refractivity contribution in [1.82, 2.24) is 0 Å². The van der Waals surface area contributed by atoms with Crippen LogP contribution in [0.15, 0.2) is 109 Å². The molecule has 0 bridgehead atoms. The van der Waals surface area contributed by atoms with Gasteiger partial charge in [-0.25, -0.2) is 0 Å². The Balaban J connectivity index is 1.31. The van der Waals surface area contributed by atoms with E-state index in [1.54, 1.807) is 6.08 Å². The number of allylic oxidation sites excluding steroid dienone is 1. The summed E-state index contributed by atoms with van der Waals surface area (Å²) < 4.78 is 6.29. The van der Waals surface area contributed by atoms with E-state index < -0.39 is 0 Å². The second kappa shape index (κ2) is 8.04. The van der Waals surface area contributed by atoms with Crippen LogP contribution in [-0.2, 0) is 0 Å². The van der Waals surface area contributed by atoms with Gasteiger partial charge in [-0.2, -0.15) is 0 Å². The second-order valence-electron chi connectivity index (χ2n) is 9.43. The molecule has 4 nitrogen and oxygen atoms in total. The maximum Gasteiger partial charge on any atom is 0.197 e. The predicted octanol–water partition coefficient (Wildman–Crippen LogP) is 8.19. The Labute approximate surface area is 214 Å². The molecule has 0 unspecified atom stereocenters. The van der Waals surface area contributed by atoms with Gasteiger partial charge in [0.1, 0.15) is 0 Å². The van der Waals surface area contributed by atoms with Gasteiger partial charge in [-0.15, -0.1) is 0 Å². The molecule has 2 aliphatic rings. The van der Waals surface area contributed by atoms with Gasteiger partial charge < -0.3 is 9.64 Å². The molecule has 0 atom stereocenters. The summed E-state index contributed by atoms with van der Waals surface area (Å²) in [5.74, 6) is 0.925. The molecule has 0 radical (unpaired) electrons. The van der Waals surface area contributed by atoms with E-state index in [1.807, 2.05) is 78.9 Å². The van der Waals surface area contributed by atoms with Crippen LogP contribution in [0.5, 0.6) is 11.5 Å². The molecular formula is C33H21NO3. The van der Waals surface area contributed by atoms with Crippen molar-refractivity contribution in [3.05, 3.63) is 131 Å². The van der Waals surface area contributed by atoms with E-state index >= 15 is 0 Å². The molecule has 37 heavy (non-hydrogen) atoms. The number of anilines is 3. The van der Waals surface area contributed by atoms with Gasteiger partial charge in [-0.1, -0.05) is 60.2 Å². The molecule has 0 saturated carbocycles. The van der Waals surface area contributed by atoms with Crippen LogP contribution in [0.4, 0.5) is 17.1 Å². The fourth-order valence-electron chi connectivity index (χ4n) is 5.14. The van der Waals surface area contributed by atoms with Gasteiger partial charge in [0.15, 0.2) is 23.1 Å². The van der Waals surface area contributed by atoms with Crippen molar-refractivity contribution in [2.24, 2.45) is 0 Å². The molecule has 0 spiro atoms. The first-order valence-corrected chi connectivity index (χ1v) is 12.2. The van der Waals surface area contributed by atoms with Crippen molar-refractivity contribution >= 4 is 45.5 Å². The average Bonchev–Trinajstić information content (AvgIpc) is 3.15. The number of rotatable bonds is 2. The summed E-state index contributed by atoms with van der Waals surface area (Å²) in [6, 6.07) is 33.4. The van der Waals surface area contributed by atoms with Crippen LogP contribution in [0.2, 0.25) is 0 Å². The zero-order chi connectivity index (χ0) is 25.1. The highest BCUT2D eigenvalue weighted by molar-refractivity contribution is 6.42. The summed E-state index contributed by atoms with van der Waals surface area (Å²) in [6.07, 6.45) is 1.68. The van der Waals surface area contributed by atoms with Crippen LogP contribution in [0, 0.1) is 6.92 Å². The molecule has 7 rings (SSSR count). The van der Waals surface area contributed by atoms with Crippen molar-refractivity contribution in [2.45, 2.75) is 6.92 Å². The number of aryl methyl sites for hydroxylation is 1. The highest BCUT2D eigenvalue weighted by Crippen LogP contribution is 2.50. The largest absolute Gasteiger partial charge is 0.453 e. The summed E-state index contributed by atoms with van der Waals surface area (Å²) in [5.41, 5.74) is 5.89. The third kappa shape index (κ3) is 3.38. The molecule has 1 heterocycles. The van der Waals surface area contributed by atoms with Gasteiger partial charge in [0, 0.05) is 16.8 Å². The van der Waals surface area contributed by atoms with Crippen LogP contribution in [0.1, 0.15) is 31.8 Å². The first kappa shape index (κ1) is 21.3. The molecule has 1 aliphatic carbocycles. The number of para-hydroxylation sites is 2. The average molecular weight is 480 g/mol. The minimum atomic E-state index is -0.240. The smallest absolute Gasteiger partial charge is 0.197 e. The van der Waals surface area contributed by atoms with E-state index in [9.17, 15) is 9.59 Å². The molecule has 1 aliphatic heterocycles. The highest BCUT2D eigenvalue weighted by Gasteiger charge is 2.33. The normalized spacial score (nSPS) is 13.8. The molecular weight excluding hydrogens is 458 g/mol. The first-order valence-electron chi connectivity index (χ1n) is 12.2. The zero-order valence-corrected chi connectivity index (χ0v) is 20.1. The summed E-state index contributed by atoms with van der Waals surface area (Å²) in [7, 11) is 0. The van der Waals surface area contributed by atoms with Crippen LogP contribution < -0.4 is 9.64 Å². The number of ether oxygens (including phenoxy) is 1. The Kier molecular flexibility index (Phi) is 4.63.